The van der Waals surface area contributed by atoms with Crippen molar-refractivity contribution in [3.8, 4) is 23.0 Å². The van der Waals surface area contributed by atoms with E-state index in [1.54, 1.807) is 50.4 Å². The molecule has 3 amide bonds. The molecule has 170 valence electrons. The van der Waals surface area contributed by atoms with Crippen molar-refractivity contribution in [3.05, 3.63) is 53.2 Å². The first-order valence-corrected chi connectivity index (χ1v) is 10.0. The Labute approximate surface area is 186 Å². The lowest BCUT2D eigenvalue weighted by atomic mass is 9.94. The molecule has 2 aromatic rings. The summed E-state index contributed by atoms with van der Waals surface area (Å²) in [6.45, 7) is 4.04. The van der Waals surface area contributed by atoms with Crippen LogP contribution in [0, 0.1) is 0 Å². The van der Waals surface area contributed by atoms with Gasteiger partial charge in [-0.05, 0) is 43.7 Å². The van der Waals surface area contributed by atoms with Gasteiger partial charge in [0.2, 0.25) is 0 Å². The number of benzene rings is 2. The number of hydrogen-bond donors (Lipinski definition) is 3. The van der Waals surface area contributed by atoms with Crippen LogP contribution in [0.15, 0.2) is 47.7 Å². The minimum atomic E-state index is -0.697. The zero-order chi connectivity index (χ0) is 23.3. The van der Waals surface area contributed by atoms with E-state index in [0.29, 0.717) is 52.1 Å². The predicted octanol–water partition coefficient (Wildman–Crippen LogP) is 3.38. The zero-order valence-corrected chi connectivity index (χ0v) is 18.7. The predicted molar refractivity (Wildman–Crippen MR) is 119 cm³/mol. The number of carbonyl (C=O) groups is 2. The van der Waals surface area contributed by atoms with Gasteiger partial charge in [-0.3, -0.25) is 4.79 Å². The SMILES string of the molecule is CCOc1ccc([C@H]2NC(=O)NC(C)=C2C(=O)Nc2ccc(OC)cc2OC)cc1OC. The van der Waals surface area contributed by atoms with Gasteiger partial charge in [0.15, 0.2) is 11.5 Å². The molecule has 0 bridgehead atoms. The number of carbonyl (C=O) groups excluding carboxylic acids is 2. The third kappa shape index (κ3) is 4.72. The van der Waals surface area contributed by atoms with E-state index in [2.05, 4.69) is 16.0 Å². The topological polar surface area (TPSA) is 107 Å². The first kappa shape index (κ1) is 22.8. The molecule has 1 atom stereocenters. The Morgan fingerprint density at radius 3 is 2.41 bits per heavy atom. The van der Waals surface area contributed by atoms with Crippen LogP contribution >= 0.6 is 0 Å². The molecule has 1 heterocycles. The number of rotatable bonds is 8. The van der Waals surface area contributed by atoms with E-state index in [1.807, 2.05) is 6.92 Å². The first-order chi connectivity index (χ1) is 15.4. The summed E-state index contributed by atoms with van der Waals surface area (Å²) in [5.41, 5.74) is 1.94. The van der Waals surface area contributed by atoms with Gasteiger partial charge >= 0.3 is 6.03 Å². The van der Waals surface area contributed by atoms with Crippen molar-refractivity contribution in [2.75, 3.05) is 33.3 Å². The largest absolute Gasteiger partial charge is 0.497 e. The molecule has 0 aliphatic carbocycles. The van der Waals surface area contributed by atoms with Gasteiger partial charge < -0.3 is 34.9 Å². The van der Waals surface area contributed by atoms with E-state index >= 15 is 0 Å². The Hall–Kier alpha value is -3.88. The Bertz CT molecular complexity index is 1050. The Morgan fingerprint density at radius 1 is 1.00 bits per heavy atom. The molecule has 0 aromatic heterocycles. The summed E-state index contributed by atoms with van der Waals surface area (Å²) in [6, 6.07) is 9.27. The average Bonchev–Trinajstić information content (AvgIpc) is 2.79. The zero-order valence-electron chi connectivity index (χ0n) is 18.7. The van der Waals surface area contributed by atoms with Crippen molar-refractivity contribution in [1.29, 1.82) is 0 Å². The molecule has 0 saturated carbocycles. The molecular formula is C23H27N3O6. The number of anilines is 1. The Balaban J connectivity index is 1.97. The fraction of sp³-hybridized carbons (Fsp3) is 0.304. The Morgan fingerprint density at radius 2 is 1.75 bits per heavy atom. The van der Waals surface area contributed by atoms with Gasteiger partial charge in [-0.2, -0.15) is 0 Å². The number of allylic oxidation sites excluding steroid dienone is 1. The second-order valence-electron chi connectivity index (χ2n) is 6.93. The van der Waals surface area contributed by atoms with Crippen molar-refractivity contribution in [1.82, 2.24) is 10.6 Å². The molecule has 3 rings (SSSR count). The van der Waals surface area contributed by atoms with Crippen molar-refractivity contribution in [2.45, 2.75) is 19.9 Å². The molecule has 0 fully saturated rings. The van der Waals surface area contributed by atoms with Crippen molar-refractivity contribution in [3.63, 3.8) is 0 Å². The smallest absolute Gasteiger partial charge is 0.319 e. The molecule has 0 unspecified atom stereocenters. The number of ether oxygens (including phenoxy) is 4. The lowest BCUT2D eigenvalue weighted by molar-refractivity contribution is -0.113. The quantitative estimate of drug-likeness (QED) is 0.580. The summed E-state index contributed by atoms with van der Waals surface area (Å²) >= 11 is 0. The van der Waals surface area contributed by atoms with Gasteiger partial charge in [-0.25, -0.2) is 4.79 Å². The number of urea groups is 1. The van der Waals surface area contributed by atoms with Crippen LogP contribution in [-0.2, 0) is 4.79 Å². The maximum absolute atomic E-state index is 13.3. The lowest BCUT2D eigenvalue weighted by Crippen LogP contribution is -2.46. The van der Waals surface area contributed by atoms with Crippen LogP contribution in [0.5, 0.6) is 23.0 Å². The molecule has 9 nitrogen and oxygen atoms in total. The van der Waals surface area contributed by atoms with Gasteiger partial charge in [-0.1, -0.05) is 6.07 Å². The van der Waals surface area contributed by atoms with E-state index in [1.165, 1.54) is 14.2 Å². The van der Waals surface area contributed by atoms with Gasteiger partial charge in [0.1, 0.15) is 11.5 Å². The van der Waals surface area contributed by atoms with Crippen LogP contribution in [0.25, 0.3) is 0 Å². The van der Waals surface area contributed by atoms with E-state index in [0.717, 1.165) is 0 Å². The molecule has 9 heteroatoms. The first-order valence-electron chi connectivity index (χ1n) is 10.0. The van der Waals surface area contributed by atoms with Crippen LogP contribution in [0.3, 0.4) is 0 Å². The highest BCUT2D eigenvalue weighted by Gasteiger charge is 2.32. The highest BCUT2D eigenvalue weighted by atomic mass is 16.5. The number of amides is 3. The van der Waals surface area contributed by atoms with Gasteiger partial charge in [0.25, 0.3) is 5.91 Å². The summed E-state index contributed by atoms with van der Waals surface area (Å²) in [5, 5.41) is 8.34. The monoisotopic (exact) mass is 441 g/mol. The summed E-state index contributed by atoms with van der Waals surface area (Å²) in [4.78, 5) is 25.5. The maximum atomic E-state index is 13.3. The van der Waals surface area contributed by atoms with Gasteiger partial charge in [-0.15, -0.1) is 0 Å². The molecule has 0 spiro atoms. The summed E-state index contributed by atoms with van der Waals surface area (Å²) < 4.78 is 21.6. The van der Waals surface area contributed by atoms with Crippen LogP contribution < -0.4 is 34.9 Å². The highest BCUT2D eigenvalue weighted by molar-refractivity contribution is 6.07. The van der Waals surface area contributed by atoms with Crippen LogP contribution in [0.1, 0.15) is 25.5 Å². The van der Waals surface area contributed by atoms with E-state index < -0.39 is 18.0 Å². The van der Waals surface area contributed by atoms with E-state index in [4.69, 9.17) is 18.9 Å². The highest BCUT2D eigenvalue weighted by Crippen LogP contribution is 2.35. The number of nitrogens with one attached hydrogen (secondary N) is 3. The molecule has 1 aliphatic heterocycles. The minimum Gasteiger partial charge on any atom is -0.497 e. The van der Waals surface area contributed by atoms with E-state index in [-0.39, 0.29) is 0 Å². The minimum absolute atomic E-state index is 0.355. The van der Waals surface area contributed by atoms with Gasteiger partial charge in [0.05, 0.1) is 45.2 Å². The molecule has 2 aromatic carbocycles. The van der Waals surface area contributed by atoms with Crippen molar-refractivity contribution >= 4 is 17.6 Å². The number of methoxy groups -OCH3 is 3. The van der Waals surface area contributed by atoms with E-state index in [9.17, 15) is 9.59 Å². The summed E-state index contributed by atoms with van der Waals surface area (Å²) in [7, 11) is 4.59. The number of hydrogen-bond acceptors (Lipinski definition) is 6. The Kier molecular flexibility index (Phi) is 7.09. The van der Waals surface area contributed by atoms with Crippen LogP contribution in [0.4, 0.5) is 10.5 Å². The summed E-state index contributed by atoms with van der Waals surface area (Å²) in [6.07, 6.45) is 0. The van der Waals surface area contributed by atoms with Crippen LogP contribution in [0.2, 0.25) is 0 Å². The summed E-state index contributed by atoms with van der Waals surface area (Å²) in [5.74, 6) is 1.74. The lowest BCUT2D eigenvalue weighted by Gasteiger charge is -2.29. The average molecular weight is 441 g/mol. The third-order valence-electron chi connectivity index (χ3n) is 4.99. The normalized spacial score (nSPS) is 15.4. The molecular weight excluding hydrogens is 414 g/mol. The molecule has 0 radical (unpaired) electrons. The van der Waals surface area contributed by atoms with Gasteiger partial charge in [0, 0.05) is 11.8 Å². The molecule has 32 heavy (non-hydrogen) atoms. The standard InChI is InChI=1S/C23H27N3O6/c1-6-32-17-10-7-14(11-19(17)31-5)21-20(13(2)24-23(28)26-21)22(27)25-16-9-8-15(29-3)12-18(16)30-4/h7-12,21H,6H2,1-5H3,(H,25,27)(H2,24,26,28)/t21-/m1/s1. The molecule has 0 saturated heterocycles. The van der Waals surface area contributed by atoms with Crippen LogP contribution in [-0.4, -0.2) is 39.9 Å². The fourth-order valence-electron chi connectivity index (χ4n) is 3.47. The second kappa shape index (κ2) is 9.95. The van der Waals surface area contributed by atoms with Crippen molar-refractivity contribution in [2.24, 2.45) is 0 Å². The second-order valence-corrected chi connectivity index (χ2v) is 6.93. The molecule has 3 N–H and O–H groups in total. The molecule has 1 aliphatic rings. The maximum Gasteiger partial charge on any atom is 0.319 e. The fourth-order valence-corrected chi connectivity index (χ4v) is 3.47. The van der Waals surface area contributed by atoms with Crippen molar-refractivity contribution < 1.29 is 28.5 Å². The third-order valence-corrected chi connectivity index (χ3v) is 4.99.